The average molecular weight is 545 g/mol. The lowest BCUT2D eigenvalue weighted by Gasteiger charge is -2.14. The number of nitrogens with zero attached hydrogens (tertiary/aromatic N) is 2. The highest BCUT2D eigenvalue weighted by Gasteiger charge is 2.15. The van der Waals surface area contributed by atoms with Crippen molar-refractivity contribution in [3.63, 3.8) is 0 Å². The molecule has 0 amide bonds. The summed E-state index contributed by atoms with van der Waals surface area (Å²) in [6.07, 6.45) is 2.45. The Balaban J connectivity index is 0.00000392. The molecule has 0 saturated heterocycles. The van der Waals surface area contributed by atoms with Gasteiger partial charge in [-0.15, -0.1) is 24.0 Å². The van der Waals surface area contributed by atoms with Gasteiger partial charge in [-0.1, -0.05) is 29.3 Å². The molecule has 0 fully saturated rings. The Kier molecular flexibility index (Phi) is 11.4. The number of aromatic nitrogens is 1. The molecule has 2 N–H and O–H groups in total. The number of hydrogen-bond acceptors (Lipinski definition) is 3. The van der Waals surface area contributed by atoms with Crippen molar-refractivity contribution in [2.75, 3.05) is 13.1 Å². The number of rotatable bonds is 8. The standard InChI is InChI=1S/C18H20Cl2F2N4O.HI/c1-2-23-18(25-8-6-14-5-3-4-7-24-14)26-11-12-9-13(19)10-15(20)16(12)27-17(21)22;/h3-5,7,9-10,17H,2,6,8,11H2,1H3,(H2,23,25,26);1H. The van der Waals surface area contributed by atoms with Crippen LogP contribution in [0.5, 0.6) is 5.75 Å². The maximum Gasteiger partial charge on any atom is 0.387 e. The number of halogens is 5. The predicted molar refractivity (Wildman–Crippen MR) is 119 cm³/mol. The lowest BCUT2D eigenvalue weighted by atomic mass is 10.2. The third kappa shape index (κ3) is 8.32. The second-order valence-electron chi connectivity index (χ2n) is 5.45. The minimum absolute atomic E-state index is 0. The molecule has 5 nitrogen and oxygen atoms in total. The average Bonchev–Trinajstić information content (AvgIpc) is 2.63. The predicted octanol–water partition coefficient (Wildman–Crippen LogP) is 4.91. The first kappa shape index (κ1) is 24.6. The van der Waals surface area contributed by atoms with Gasteiger partial charge in [-0.3, -0.25) is 4.98 Å². The molecule has 0 saturated carbocycles. The van der Waals surface area contributed by atoms with Gasteiger partial charge in [0.25, 0.3) is 0 Å². The number of aliphatic imine (C=N–C) groups is 1. The number of ether oxygens (including phenoxy) is 1. The summed E-state index contributed by atoms with van der Waals surface area (Å²) in [7, 11) is 0. The van der Waals surface area contributed by atoms with Gasteiger partial charge < -0.3 is 15.4 Å². The lowest BCUT2D eigenvalue weighted by molar-refractivity contribution is -0.0503. The number of pyridine rings is 1. The molecule has 0 unspecified atom stereocenters. The van der Waals surface area contributed by atoms with Crippen LogP contribution in [0.2, 0.25) is 10.0 Å². The Morgan fingerprint density at radius 3 is 2.68 bits per heavy atom. The van der Waals surface area contributed by atoms with E-state index in [1.807, 2.05) is 25.1 Å². The zero-order chi connectivity index (χ0) is 19.6. The molecule has 0 radical (unpaired) electrons. The van der Waals surface area contributed by atoms with E-state index in [2.05, 4.69) is 25.3 Å². The summed E-state index contributed by atoms with van der Waals surface area (Å²) in [6.45, 7) is 0.265. The fourth-order valence-electron chi connectivity index (χ4n) is 2.31. The quantitative estimate of drug-likeness (QED) is 0.282. The van der Waals surface area contributed by atoms with E-state index in [0.717, 1.165) is 5.69 Å². The number of hydrogen-bond donors (Lipinski definition) is 2. The van der Waals surface area contributed by atoms with Crippen molar-refractivity contribution in [2.24, 2.45) is 4.99 Å². The van der Waals surface area contributed by atoms with Crippen molar-refractivity contribution in [3.8, 4) is 5.75 Å². The Hall–Kier alpha value is -1.39. The molecule has 10 heteroatoms. The first-order valence-electron chi connectivity index (χ1n) is 8.34. The van der Waals surface area contributed by atoms with Gasteiger partial charge >= 0.3 is 6.61 Å². The van der Waals surface area contributed by atoms with Gasteiger partial charge in [0.2, 0.25) is 0 Å². The number of guanidine groups is 1. The van der Waals surface area contributed by atoms with Crippen LogP contribution in [-0.2, 0) is 13.0 Å². The third-order valence-corrected chi connectivity index (χ3v) is 3.94. The van der Waals surface area contributed by atoms with Crippen LogP contribution in [-0.4, -0.2) is 30.6 Å². The van der Waals surface area contributed by atoms with E-state index in [4.69, 9.17) is 23.2 Å². The van der Waals surface area contributed by atoms with Gasteiger partial charge in [0.05, 0.1) is 11.6 Å². The molecular formula is C18H21Cl2F2IN4O. The van der Waals surface area contributed by atoms with Crippen LogP contribution in [0.3, 0.4) is 0 Å². The van der Waals surface area contributed by atoms with Crippen LogP contribution in [0.4, 0.5) is 8.78 Å². The summed E-state index contributed by atoms with van der Waals surface area (Å²) in [4.78, 5) is 8.65. The van der Waals surface area contributed by atoms with Crippen molar-refractivity contribution in [3.05, 3.63) is 57.8 Å². The fraction of sp³-hybridized carbons (Fsp3) is 0.333. The highest BCUT2D eigenvalue weighted by atomic mass is 127. The van der Waals surface area contributed by atoms with Gasteiger partial charge in [-0.2, -0.15) is 8.78 Å². The van der Waals surface area contributed by atoms with Gasteiger partial charge in [0.15, 0.2) is 5.96 Å². The topological polar surface area (TPSA) is 58.5 Å². The van der Waals surface area contributed by atoms with Gasteiger partial charge in [-0.05, 0) is 31.2 Å². The fourth-order valence-corrected chi connectivity index (χ4v) is 2.89. The molecule has 1 aromatic heterocycles. The third-order valence-electron chi connectivity index (χ3n) is 3.44. The molecule has 2 rings (SSSR count). The summed E-state index contributed by atoms with van der Waals surface area (Å²) >= 11 is 11.9. The lowest BCUT2D eigenvalue weighted by Crippen LogP contribution is -2.38. The van der Waals surface area contributed by atoms with Crippen LogP contribution < -0.4 is 15.4 Å². The number of alkyl halides is 2. The summed E-state index contributed by atoms with van der Waals surface area (Å²) in [5, 5.41) is 6.60. The van der Waals surface area contributed by atoms with Crippen LogP contribution >= 0.6 is 47.2 Å². The van der Waals surface area contributed by atoms with E-state index in [-0.39, 0.29) is 41.3 Å². The van der Waals surface area contributed by atoms with Crippen LogP contribution in [0, 0.1) is 0 Å². The molecule has 154 valence electrons. The van der Waals surface area contributed by atoms with E-state index >= 15 is 0 Å². The Bertz CT molecular complexity index is 767. The Morgan fingerprint density at radius 1 is 1.25 bits per heavy atom. The van der Waals surface area contributed by atoms with E-state index in [1.54, 1.807) is 6.20 Å². The maximum absolute atomic E-state index is 12.6. The van der Waals surface area contributed by atoms with Crippen LogP contribution in [0.25, 0.3) is 0 Å². The Morgan fingerprint density at radius 2 is 2.04 bits per heavy atom. The van der Waals surface area contributed by atoms with Gasteiger partial charge in [-0.25, -0.2) is 4.99 Å². The molecule has 0 aliphatic heterocycles. The zero-order valence-electron chi connectivity index (χ0n) is 15.1. The minimum Gasteiger partial charge on any atom is -0.433 e. The number of benzene rings is 1. The molecular weight excluding hydrogens is 524 g/mol. The second-order valence-corrected chi connectivity index (χ2v) is 6.29. The van der Waals surface area contributed by atoms with Crippen molar-refractivity contribution < 1.29 is 13.5 Å². The SMILES string of the molecule is CCNC(=NCc1cc(Cl)cc(Cl)c1OC(F)F)NCCc1ccccn1.I. The normalized spacial score (nSPS) is 11.1. The monoisotopic (exact) mass is 544 g/mol. The molecule has 0 atom stereocenters. The first-order valence-corrected chi connectivity index (χ1v) is 9.10. The zero-order valence-corrected chi connectivity index (χ0v) is 18.9. The molecule has 0 aliphatic rings. The van der Waals surface area contributed by atoms with Gasteiger partial charge in [0, 0.05) is 42.0 Å². The molecule has 0 aliphatic carbocycles. The highest BCUT2D eigenvalue weighted by Crippen LogP contribution is 2.34. The van der Waals surface area contributed by atoms with Crippen molar-refractivity contribution in [2.45, 2.75) is 26.5 Å². The first-order chi connectivity index (χ1) is 13.0. The smallest absolute Gasteiger partial charge is 0.387 e. The van der Waals surface area contributed by atoms with Gasteiger partial charge in [0.1, 0.15) is 5.75 Å². The molecule has 0 bridgehead atoms. The van der Waals surface area contributed by atoms with Crippen molar-refractivity contribution in [1.82, 2.24) is 15.6 Å². The molecule has 1 heterocycles. The summed E-state index contributed by atoms with van der Waals surface area (Å²) < 4.78 is 29.8. The summed E-state index contributed by atoms with van der Waals surface area (Å²) in [6, 6.07) is 8.58. The molecule has 2 aromatic rings. The Labute approximate surface area is 189 Å². The van der Waals surface area contributed by atoms with E-state index in [1.165, 1.54) is 12.1 Å². The molecule has 28 heavy (non-hydrogen) atoms. The van der Waals surface area contributed by atoms with Crippen LogP contribution in [0.15, 0.2) is 41.5 Å². The highest BCUT2D eigenvalue weighted by molar-refractivity contribution is 14.0. The minimum atomic E-state index is -2.99. The second kappa shape index (κ2) is 12.9. The van der Waals surface area contributed by atoms with Crippen molar-refractivity contribution >= 4 is 53.1 Å². The van der Waals surface area contributed by atoms with Crippen LogP contribution in [0.1, 0.15) is 18.2 Å². The summed E-state index contributed by atoms with van der Waals surface area (Å²) in [5.74, 6) is 0.414. The maximum atomic E-state index is 12.6. The molecule has 1 aromatic carbocycles. The molecule has 0 spiro atoms. The van der Waals surface area contributed by atoms with Crippen molar-refractivity contribution in [1.29, 1.82) is 0 Å². The van der Waals surface area contributed by atoms with E-state index in [0.29, 0.717) is 36.1 Å². The number of nitrogens with one attached hydrogen (secondary N) is 2. The summed E-state index contributed by atoms with van der Waals surface area (Å²) in [5.41, 5.74) is 1.32. The van der Waals surface area contributed by atoms with E-state index < -0.39 is 6.61 Å². The van der Waals surface area contributed by atoms with E-state index in [9.17, 15) is 8.78 Å². The largest absolute Gasteiger partial charge is 0.433 e.